The van der Waals surface area contributed by atoms with Crippen molar-refractivity contribution in [3.63, 3.8) is 0 Å². The van der Waals surface area contributed by atoms with Crippen LogP contribution in [0.4, 0.5) is 0 Å². The van der Waals surface area contributed by atoms with Crippen molar-refractivity contribution < 1.29 is 14.3 Å². The maximum absolute atomic E-state index is 11.3. The smallest absolute Gasteiger partial charge is 0.371 e. The SMILES string of the molecule is CCc1c(C)oc(C(=O)O)cc1=O. The van der Waals surface area contributed by atoms with Crippen molar-refractivity contribution in [3.8, 4) is 0 Å². The molecule has 0 aromatic carbocycles. The molecule has 0 bridgehead atoms. The first-order valence-corrected chi connectivity index (χ1v) is 3.93. The van der Waals surface area contributed by atoms with Crippen molar-refractivity contribution in [2.45, 2.75) is 20.3 Å². The van der Waals surface area contributed by atoms with Gasteiger partial charge in [-0.15, -0.1) is 0 Å². The summed E-state index contributed by atoms with van der Waals surface area (Å²) in [6.45, 7) is 3.41. The molecule has 1 aromatic rings. The van der Waals surface area contributed by atoms with Gasteiger partial charge < -0.3 is 9.52 Å². The van der Waals surface area contributed by atoms with Crippen LogP contribution < -0.4 is 5.43 Å². The van der Waals surface area contributed by atoms with Crippen LogP contribution in [-0.4, -0.2) is 11.1 Å². The minimum Gasteiger partial charge on any atom is -0.475 e. The minimum absolute atomic E-state index is 0.274. The lowest BCUT2D eigenvalue weighted by atomic mass is 10.1. The maximum Gasteiger partial charge on any atom is 0.371 e. The van der Waals surface area contributed by atoms with Crippen molar-refractivity contribution in [2.24, 2.45) is 0 Å². The fraction of sp³-hybridized carbons (Fsp3) is 0.333. The summed E-state index contributed by atoms with van der Waals surface area (Å²) < 4.78 is 4.94. The lowest BCUT2D eigenvalue weighted by Crippen LogP contribution is -2.12. The normalized spacial score (nSPS) is 10.0. The van der Waals surface area contributed by atoms with E-state index < -0.39 is 5.97 Å². The van der Waals surface area contributed by atoms with Gasteiger partial charge in [0.15, 0.2) is 5.43 Å². The number of rotatable bonds is 2. The number of aryl methyl sites for hydroxylation is 1. The number of hydrogen-bond acceptors (Lipinski definition) is 3. The van der Waals surface area contributed by atoms with E-state index in [1.807, 2.05) is 6.92 Å². The summed E-state index contributed by atoms with van der Waals surface area (Å²) in [4.78, 5) is 21.7. The van der Waals surface area contributed by atoms with E-state index in [2.05, 4.69) is 0 Å². The molecule has 0 saturated carbocycles. The van der Waals surface area contributed by atoms with Crippen molar-refractivity contribution in [3.05, 3.63) is 33.4 Å². The van der Waals surface area contributed by atoms with Crippen LogP contribution in [-0.2, 0) is 6.42 Å². The molecule has 4 heteroatoms. The fourth-order valence-corrected chi connectivity index (χ4v) is 1.16. The Bertz CT molecular complexity index is 389. The Morgan fingerprint density at radius 1 is 1.62 bits per heavy atom. The summed E-state index contributed by atoms with van der Waals surface area (Å²) in [6, 6.07) is 1.01. The summed E-state index contributed by atoms with van der Waals surface area (Å²) in [5, 5.41) is 8.56. The van der Waals surface area contributed by atoms with Crippen LogP contribution in [0.2, 0.25) is 0 Å². The number of aromatic carboxylic acids is 1. The molecule has 13 heavy (non-hydrogen) atoms. The quantitative estimate of drug-likeness (QED) is 0.746. The second-order valence-electron chi connectivity index (χ2n) is 2.67. The van der Waals surface area contributed by atoms with E-state index in [4.69, 9.17) is 9.52 Å². The van der Waals surface area contributed by atoms with Gasteiger partial charge in [-0.25, -0.2) is 4.79 Å². The molecule has 0 aliphatic carbocycles. The highest BCUT2D eigenvalue weighted by atomic mass is 16.4. The molecule has 0 saturated heterocycles. The summed E-state index contributed by atoms with van der Waals surface area (Å²) in [5.41, 5.74) is 0.258. The molecule has 4 nitrogen and oxygen atoms in total. The largest absolute Gasteiger partial charge is 0.475 e. The van der Waals surface area contributed by atoms with E-state index in [1.54, 1.807) is 6.92 Å². The molecule has 1 heterocycles. The molecule has 0 fully saturated rings. The molecule has 0 unspecified atom stereocenters. The van der Waals surface area contributed by atoms with Crippen LogP contribution >= 0.6 is 0 Å². The average Bonchev–Trinajstić information content (AvgIpc) is 2.03. The maximum atomic E-state index is 11.3. The van der Waals surface area contributed by atoms with Gasteiger partial charge in [0.2, 0.25) is 5.76 Å². The molecule has 0 spiro atoms. The Morgan fingerprint density at radius 3 is 2.62 bits per heavy atom. The van der Waals surface area contributed by atoms with Gasteiger partial charge >= 0.3 is 5.97 Å². The van der Waals surface area contributed by atoms with Crippen molar-refractivity contribution in [2.75, 3.05) is 0 Å². The van der Waals surface area contributed by atoms with Gasteiger partial charge in [0.25, 0.3) is 0 Å². The third-order valence-corrected chi connectivity index (χ3v) is 1.81. The van der Waals surface area contributed by atoms with Gasteiger partial charge in [0.05, 0.1) is 0 Å². The zero-order valence-electron chi connectivity index (χ0n) is 7.46. The van der Waals surface area contributed by atoms with Crippen LogP contribution in [0.3, 0.4) is 0 Å². The van der Waals surface area contributed by atoms with Crippen LogP contribution in [0.5, 0.6) is 0 Å². The van der Waals surface area contributed by atoms with Gasteiger partial charge in [0.1, 0.15) is 5.76 Å². The molecular weight excluding hydrogens is 172 g/mol. The summed E-state index contributed by atoms with van der Waals surface area (Å²) >= 11 is 0. The Labute approximate surface area is 74.8 Å². The molecule has 1 rings (SSSR count). The first-order valence-electron chi connectivity index (χ1n) is 3.93. The Balaban J connectivity index is 3.37. The average molecular weight is 182 g/mol. The molecule has 70 valence electrons. The highest BCUT2D eigenvalue weighted by Crippen LogP contribution is 2.06. The summed E-state index contributed by atoms with van der Waals surface area (Å²) in [5.74, 6) is -1.14. The zero-order chi connectivity index (χ0) is 10.0. The van der Waals surface area contributed by atoms with E-state index in [0.717, 1.165) is 6.07 Å². The Hall–Kier alpha value is -1.58. The van der Waals surface area contributed by atoms with Gasteiger partial charge in [-0.1, -0.05) is 6.92 Å². The first-order chi connectivity index (χ1) is 6.06. The second-order valence-corrected chi connectivity index (χ2v) is 2.67. The predicted molar refractivity (Wildman–Crippen MR) is 46.1 cm³/mol. The van der Waals surface area contributed by atoms with E-state index >= 15 is 0 Å². The number of hydrogen-bond donors (Lipinski definition) is 1. The molecule has 1 aromatic heterocycles. The molecule has 0 amide bonds. The third-order valence-electron chi connectivity index (χ3n) is 1.81. The van der Waals surface area contributed by atoms with E-state index in [0.29, 0.717) is 17.7 Å². The van der Waals surface area contributed by atoms with Crippen molar-refractivity contribution in [1.82, 2.24) is 0 Å². The molecule has 0 atom stereocenters. The van der Waals surface area contributed by atoms with Crippen molar-refractivity contribution >= 4 is 5.97 Å². The Kier molecular flexibility index (Phi) is 2.51. The van der Waals surface area contributed by atoms with Crippen LogP contribution in [0.1, 0.15) is 28.8 Å². The molecule has 0 aliphatic rings. The highest BCUT2D eigenvalue weighted by molar-refractivity contribution is 5.84. The van der Waals surface area contributed by atoms with Gasteiger partial charge in [-0.2, -0.15) is 0 Å². The second kappa shape index (κ2) is 3.43. The summed E-state index contributed by atoms with van der Waals surface area (Å²) in [6.07, 6.45) is 0.550. The molecule has 1 N–H and O–H groups in total. The fourth-order valence-electron chi connectivity index (χ4n) is 1.16. The zero-order valence-corrected chi connectivity index (χ0v) is 7.46. The van der Waals surface area contributed by atoms with Gasteiger partial charge in [0, 0.05) is 11.6 Å². The monoisotopic (exact) mass is 182 g/mol. The van der Waals surface area contributed by atoms with Crippen LogP contribution in [0.25, 0.3) is 0 Å². The predicted octanol–water partition coefficient (Wildman–Crippen LogP) is 1.21. The van der Waals surface area contributed by atoms with E-state index in [9.17, 15) is 9.59 Å². The van der Waals surface area contributed by atoms with Crippen LogP contribution in [0, 0.1) is 6.92 Å². The third kappa shape index (κ3) is 1.77. The number of carbonyl (C=O) groups is 1. The standard InChI is InChI=1S/C9H10O4/c1-3-6-5(2)13-8(9(11)12)4-7(6)10/h4H,3H2,1-2H3,(H,11,12). The lowest BCUT2D eigenvalue weighted by molar-refractivity contribution is 0.0657. The van der Waals surface area contributed by atoms with Crippen molar-refractivity contribution in [1.29, 1.82) is 0 Å². The topological polar surface area (TPSA) is 67.5 Å². The van der Waals surface area contributed by atoms with Crippen LogP contribution in [0.15, 0.2) is 15.3 Å². The molecular formula is C9H10O4. The van der Waals surface area contributed by atoms with Gasteiger partial charge in [-0.3, -0.25) is 4.79 Å². The minimum atomic E-state index is -1.22. The molecule has 0 aliphatic heterocycles. The van der Waals surface area contributed by atoms with E-state index in [1.165, 1.54) is 0 Å². The number of carboxylic acids is 1. The highest BCUT2D eigenvalue weighted by Gasteiger charge is 2.11. The number of carboxylic acid groups (broad SMARTS) is 1. The van der Waals surface area contributed by atoms with Gasteiger partial charge in [-0.05, 0) is 13.3 Å². The lowest BCUT2D eigenvalue weighted by Gasteiger charge is -2.01. The van der Waals surface area contributed by atoms with E-state index in [-0.39, 0.29) is 11.2 Å². The summed E-state index contributed by atoms with van der Waals surface area (Å²) in [7, 11) is 0. The first kappa shape index (κ1) is 9.51. The molecule has 0 radical (unpaired) electrons. The Morgan fingerprint density at radius 2 is 2.23 bits per heavy atom.